The second-order valence-electron chi connectivity index (χ2n) is 2.69. The van der Waals surface area contributed by atoms with Crippen LogP contribution in [0.25, 0.3) is 0 Å². The van der Waals surface area contributed by atoms with Crippen molar-refractivity contribution in [3.8, 4) is 0 Å². The summed E-state index contributed by atoms with van der Waals surface area (Å²) in [5, 5.41) is 9.56. The molecule has 0 fully saturated rings. The quantitative estimate of drug-likeness (QED) is 0.677. The maximum absolute atomic E-state index is 9.56. The maximum atomic E-state index is 9.56. The van der Waals surface area contributed by atoms with E-state index in [-0.39, 0.29) is 0 Å². The van der Waals surface area contributed by atoms with Crippen molar-refractivity contribution in [1.29, 1.82) is 0 Å². The van der Waals surface area contributed by atoms with Crippen LogP contribution in [0.15, 0.2) is 42.5 Å². The Bertz CT molecular complexity index is 238. The molecule has 0 spiro atoms. The average Bonchev–Trinajstić information content (AvgIpc) is 2.15. The van der Waals surface area contributed by atoms with E-state index in [1.54, 1.807) is 0 Å². The summed E-state index contributed by atoms with van der Waals surface area (Å²) in [5.74, 6) is 0. The van der Waals surface area contributed by atoms with Gasteiger partial charge in [0.2, 0.25) is 0 Å². The number of hydrogen-bond acceptors (Lipinski definition) is 1. The van der Waals surface area contributed by atoms with E-state index >= 15 is 0 Å². The molecule has 0 bridgehead atoms. The number of rotatable bonds is 3. The smallest absolute Gasteiger partial charge is 0.0971 e. The maximum Gasteiger partial charge on any atom is 0.0971 e. The Morgan fingerprint density at radius 1 is 1.33 bits per heavy atom. The highest BCUT2D eigenvalue weighted by molar-refractivity contribution is 5.20. The SMILES string of the molecule is CC/C=C/[C@@H](O)c1ccccc1. The lowest BCUT2D eigenvalue weighted by molar-refractivity contribution is 0.228. The van der Waals surface area contributed by atoms with E-state index in [1.807, 2.05) is 49.4 Å². The molecule has 0 radical (unpaired) electrons. The summed E-state index contributed by atoms with van der Waals surface area (Å²) in [6.45, 7) is 2.05. The zero-order chi connectivity index (χ0) is 8.81. The fourth-order valence-corrected chi connectivity index (χ4v) is 1.03. The Hall–Kier alpha value is -1.08. The minimum atomic E-state index is -0.453. The van der Waals surface area contributed by atoms with Crippen molar-refractivity contribution in [2.24, 2.45) is 0 Å². The van der Waals surface area contributed by atoms with Gasteiger partial charge in [-0.2, -0.15) is 0 Å². The number of aliphatic hydroxyl groups excluding tert-OH is 1. The first-order valence-electron chi connectivity index (χ1n) is 4.24. The van der Waals surface area contributed by atoms with Crippen LogP contribution in [0.2, 0.25) is 0 Å². The van der Waals surface area contributed by atoms with Gasteiger partial charge in [-0.05, 0) is 12.0 Å². The summed E-state index contributed by atoms with van der Waals surface area (Å²) >= 11 is 0. The van der Waals surface area contributed by atoms with Crippen molar-refractivity contribution in [2.75, 3.05) is 0 Å². The predicted octanol–water partition coefficient (Wildman–Crippen LogP) is 2.69. The topological polar surface area (TPSA) is 20.2 Å². The molecule has 0 aliphatic heterocycles. The van der Waals surface area contributed by atoms with E-state index in [2.05, 4.69) is 0 Å². The van der Waals surface area contributed by atoms with Gasteiger partial charge in [0.15, 0.2) is 0 Å². The largest absolute Gasteiger partial charge is 0.384 e. The molecule has 0 aliphatic carbocycles. The van der Waals surface area contributed by atoms with Crippen LogP contribution in [-0.2, 0) is 0 Å². The molecule has 0 aromatic heterocycles. The molecule has 0 unspecified atom stereocenters. The van der Waals surface area contributed by atoms with Gasteiger partial charge < -0.3 is 5.11 Å². The highest BCUT2D eigenvalue weighted by Gasteiger charge is 1.99. The highest BCUT2D eigenvalue weighted by atomic mass is 16.3. The van der Waals surface area contributed by atoms with E-state index in [4.69, 9.17) is 0 Å². The van der Waals surface area contributed by atoms with Crippen LogP contribution in [0.1, 0.15) is 25.0 Å². The molecular formula is C11H14O. The lowest BCUT2D eigenvalue weighted by Gasteiger charge is -2.04. The third-order valence-corrected chi connectivity index (χ3v) is 1.70. The van der Waals surface area contributed by atoms with E-state index in [9.17, 15) is 5.11 Å². The molecule has 12 heavy (non-hydrogen) atoms. The standard InChI is InChI=1S/C11H14O/c1-2-3-9-11(12)10-7-5-4-6-8-10/h3-9,11-12H,2H2,1H3/b9-3+/t11-/m1/s1. The Labute approximate surface area is 73.4 Å². The molecule has 64 valence electrons. The van der Waals surface area contributed by atoms with Crippen LogP contribution in [-0.4, -0.2) is 5.11 Å². The molecule has 1 aromatic rings. The molecule has 1 N–H and O–H groups in total. The molecule has 0 aliphatic rings. The summed E-state index contributed by atoms with van der Waals surface area (Å²) in [6.07, 6.45) is 4.29. The molecule has 1 rings (SSSR count). The number of hydrogen-bond donors (Lipinski definition) is 1. The lowest BCUT2D eigenvalue weighted by atomic mass is 10.1. The summed E-state index contributed by atoms with van der Waals surface area (Å²) < 4.78 is 0. The predicted molar refractivity (Wildman–Crippen MR) is 50.8 cm³/mol. The molecule has 0 heterocycles. The van der Waals surface area contributed by atoms with E-state index in [0.29, 0.717) is 0 Å². The fraction of sp³-hybridized carbons (Fsp3) is 0.273. The van der Waals surface area contributed by atoms with Crippen LogP contribution in [0.3, 0.4) is 0 Å². The van der Waals surface area contributed by atoms with Crippen molar-refractivity contribution in [3.63, 3.8) is 0 Å². The zero-order valence-electron chi connectivity index (χ0n) is 7.27. The van der Waals surface area contributed by atoms with Gasteiger partial charge in [0.05, 0.1) is 6.10 Å². The van der Waals surface area contributed by atoms with Crippen LogP contribution in [0.5, 0.6) is 0 Å². The molecule has 0 saturated carbocycles. The second kappa shape index (κ2) is 4.73. The first-order chi connectivity index (χ1) is 5.84. The van der Waals surface area contributed by atoms with Crippen LogP contribution < -0.4 is 0 Å². The number of allylic oxidation sites excluding steroid dienone is 1. The Balaban J connectivity index is 2.65. The fourth-order valence-electron chi connectivity index (χ4n) is 1.03. The van der Waals surface area contributed by atoms with Gasteiger partial charge in [0.1, 0.15) is 0 Å². The average molecular weight is 162 g/mol. The third kappa shape index (κ3) is 2.51. The first-order valence-corrected chi connectivity index (χ1v) is 4.24. The van der Waals surface area contributed by atoms with Crippen molar-refractivity contribution < 1.29 is 5.11 Å². The van der Waals surface area contributed by atoms with E-state index in [1.165, 1.54) is 0 Å². The Kier molecular flexibility index (Phi) is 3.55. The highest BCUT2D eigenvalue weighted by Crippen LogP contribution is 2.12. The van der Waals surface area contributed by atoms with Crippen LogP contribution >= 0.6 is 0 Å². The first kappa shape index (κ1) is 9.01. The van der Waals surface area contributed by atoms with Crippen LogP contribution in [0, 0.1) is 0 Å². The van der Waals surface area contributed by atoms with Crippen LogP contribution in [0.4, 0.5) is 0 Å². The molecule has 1 atom stereocenters. The van der Waals surface area contributed by atoms with Crippen molar-refractivity contribution in [1.82, 2.24) is 0 Å². The molecule has 1 nitrogen and oxygen atoms in total. The number of aliphatic hydroxyl groups is 1. The monoisotopic (exact) mass is 162 g/mol. The van der Waals surface area contributed by atoms with Gasteiger partial charge in [-0.3, -0.25) is 0 Å². The van der Waals surface area contributed by atoms with Gasteiger partial charge in [-0.15, -0.1) is 0 Å². The summed E-state index contributed by atoms with van der Waals surface area (Å²) in [6, 6.07) is 9.64. The van der Waals surface area contributed by atoms with E-state index in [0.717, 1.165) is 12.0 Å². The van der Waals surface area contributed by atoms with Gasteiger partial charge >= 0.3 is 0 Å². The van der Waals surface area contributed by atoms with Crippen molar-refractivity contribution >= 4 is 0 Å². The molecule has 1 aromatic carbocycles. The molecular weight excluding hydrogens is 148 g/mol. The Morgan fingerprint density at radius 3 is 2.58 bits per heavy atom. The van der Waals surface area contributed by atoms with Gasteiger partial charge in [-0.25, -0.2) is 0 Å². The van der Waals surface area contributed by atoms with Crippen molar-refractivity contribution in [3.05, 3.63) is 48.0 Å². The summed E-state index contributed by atoms with van der Waals surface area (Å²) in [4.78, 5) is 0. The normalized spacial score (nSPS) is 13.5. The molecule has 0 saturated heterocycles. The van der Waals surface area contributed by atoms with Gasteiger partial charge in [0, 0.05) is 0 Å². The molecule has 0 amide bonds. The second-order valence-corrected chi connectivity index (χ2v) is 2.69. The minimum Gasteiger partial charge on any atom is -0.384 e. The summed E-state index contributed by atoms with van der Waals surface area (Å²) in [5.41, 5.74) is 0.946. The zero-order valence-corrected chi connectivity index (χ0v) is 7.27. The third-order valence-electron chi connectivity index (χ3n) is 1.70. The number of benzene rings is 1. The van der Waals surface area contributed by atoms with Gasteiger partial charge in [0.25, 0.3) is 0 Å². The minimum absolute atomic E-state index is 0.453. The van der Waals surface area contributed by atoms with E-state index < -0.39 is 6.10 Å². The van der Waals surface area contributed by atoms with Gasteiger partial charge in [-0.1, -0.05) is 49.4 Å². The summed E-state index contributed by atoms with van der Waals surface area (Å²) in [7, 11) is 0. The van der Waals surface area contributed by atoms with Crippen molar-refractivity contribution in [2.45, 2.75) is 19.4 Å². The Morgan fingerprint density at radius 2 is 2.00 bits per heavy atom. The molecule has 1 heteroatoms. The lowest BCUT2D eigenvalue weighted by Crippen LogP contribution is -1.91.